The van der Waals surface area contributed by atoms with E-state index in [1.165, 1.54) is 31.2 Å². The highest BCUT2D eigenvalue weighted by Gasteiger charge is 2.35. The van der Waals surface area contributed by atoms with Gasteiger partial charge >= 0.3 is 0 Å². The molecule has 0 spiro atoms. The van der Waals surface area contributed by atoms with E-state index in [0.717, 1.165) is 38.5 Å². The molecule has 0 aliphatic heterocycles. The lowest BCUT2D eigenvalue weighted by Crippen LogP contribution is -2.45. The summed E-state index contributed by atoms with van der Waals surface area (Å²) in [5.74, 6) is 0.896. The lowest BCUT2D eigenvalue weighted by molar-refractivity contribution is 0.0689. The summed E-state index contributed by atoms with van der Waals surface area (Å²) in [6, 6.07) is 10.9. The van der Waals surface area contributed by atoms with Gasteiger partial charge in [-0.2, -0.15) is 0 Å². The lowest BCUT2D eigenvalue weighted by atomic mass is 9.79. The number of benzene rings is 1. The van der Waals surface area contributed by atoms with Crippen LogP contribution in [0.4, 0.5) is 0 Å². The minimum Gasteiger partial charge on any atom is -0.382 e. The van der Waals surface area contributed by atoms with E-state index in [1.54, 1.807) is 7.11 Å². The van der Waals surface area contributed by atoms with Crippen molar-refractivity contribution in [2.75, 3.05) is 47.1 Å². The third kappa shape index (κ3) is 6.61. The predicted octanol–water partition coefficient (Wildman–Crippen LogP) is 3.11. The number of nitrogens with one attached hydrogen (secondary N) is 2. The molecule has 5 nitrogen and oxygen atoms in total. The zero-order chi connectivity index (χ0) is 18.5. The highest BCUT2D eigenvalue weighted by Crippen LogP contribution is 2.40. The van der Waals surface area contributed by atoms with Crippen molar-refractivity contribution in [3.63, 3.8) is 0 Å². The van der Waals surface area contributed by atoms with E-state index < -0.39 is 0 Å². The van der Waals surface area contributed by atoms with Crippen LogP contribution in [0.2, 0.25) is 0 Å². The molecule has 2 N–H and O–H groups in total. The van der Waals surface area contributed by atoms with Gasteiger partial charge in [0.25, 0.3) is 0 Å². The van der Waals surface area contributed by atoms with E-state index in [0.29, 0.717) is 13.2 Å². The molecule has 0 amide bonds. The normalized spacial score (nSPS) is 16.6. The Bertz CT molecular complexity index is 513. The fourth-order valence-electron chi connectivity index (χ4n) is 3.66. The largest absolute Gasteiger partial charge is 0.382 e. The Morgan fingerprint density at radius 2 is 1.81 bits per heavy atom. The van der Waals surface area contributed by atoms with Gasteiger partial charge in [0, 0.05) is 39.3 Å². The Kier molecular flexibility index (Phi) is 9.50. The van der Waals surface area contributed by atoms with E-state index in [2.05, 4.69) is 46.0 Å². The fourth-order valence-corrected chi connectivity index (χ4v) is 3.66. The molecule has 1 aliphatic rings. The fraction of sp³-hybridized carbons (Fsp3) is 0.667. The van der Waals surface area contributed by atoms with Crippen LogP contribution in [0.15, 0.2) is 35.3 Å². The molecule has 1 fully saturated rings. The molecule has 1 aromatic carbocycles. The standard InChI is InChI=1S/C21H35N3O2/c1-22-20(23-14-8-9-15-26-17-16-25-2)24-18-21(12-6-7-13-21)19-10-4-3-5-11-19/h3-5,10-11H,6-9,12-18H2,1-2H3,(H2,22,23,24). The monoisotopic (exact) mass is 361 g/mol. The second kappa shape index (κ2) is 11.9. The van der Waals surface area contributed by atoms with E-state index in [1.807, 2.05) is 7.05 Å². The van der Waals surface area contributed by atoms with Gasteiger partial charge in [0.2, 0.25) is 0 Å². The number of unbranched alkanes of at least 4 members (excludes halogenated alkanes) is 1. The number of methoxy groups -OCH3 is 1. The second-order valence-corrected chi connectivity index (χ2v) is 7.02. The number of ether oxygens (including phenoxy) is 2. The van der Waals surface area contributed by atoms with Gasteiger partial charge in [-0.3, -0.25) is 4.99 Å². The van der Waals surface area contributed by atoms with Gasteiger partial charge in [0.05, 0.1) is 13.2 Å². The van der Waals surface area contributed by atoms with Crippen molar-refractivity contribution < 1.29 is 9.47 Å². The van der Waals surface area contributed by atoms with Crippen LogP contribution in [0.3, 0.4) is 0 Å². The molecule has 1 saturated carbocycles. The molecule has 0 atom stereocenters. The first-order chi connectivity index (χ1) is 12.8. The summed E-state index contributed by atoms with van der Waals surface area (Å²) < 4.78 is 10.4. The van der Waals surface area contributed by atoms with Gasteiger partial charge in [0.15, 0.2) is 5.96 Å². The van der Waals surface area contributed by atoms with E-state index >= 15 is 0 Å². The number of nitrogens with zero attached hydrogens (tertiary/aromatic N) is 1. The van der Waals surface area contributed by atoms with Crippen LogP contribution in [0.25, 0.3) is 0 Å². The van der Waals surface area contributed by atoms with Crippen LogP contribution in [0, 0.1) is 0 Å². The molecular weight excluding hydrogens is 326 g/mol. The van der Waals surface area contributed by atoms with Gasteiger partial charge in [-0.1, -0.05) is 43.2 Å². The number of hydrogen-bond acceptors (Lipinski definition) is 3. The summed E-state index contributed by atoms with van der Waals surface area (Å²) in [4.78, 5) is 4.38. The molecule has 1 aliphatic carbocycles. The van der Waals surface area contributed by atoms with Crippen LogP contribution in [0.1, 0.15) is 44.1 Å². The Labute approximate surface area is 158 Å². The van der Waals surface area contributed by atoms with Crippen LogP contribution in [-0.2, 0) is 14.9 Å². The number of rotatable bonds is 11. The highest BCUT2D eigenvalue weighted by molar-refractivity contribution is 5.79. The molecule has 26 heavy (non-hydrogen) atoms. The quantitative estimate of drug-likeness (QED) is 0.361. The van der Waals surface area contributed by atoms with Crippen molar-refractivity contribution in [2.24, 2.45) is 4.99 Å². The Morgan fingerprint density at radius 3 is 2.50 bits per heavy atom. The molecule has 1 aromatic rings. The number of aliphatic imine (C=N–C) groups is 1. The summed E-state index contributed by atoms with van der Waals surface area (Å²) >= 11 is 0. The smallest absolute Gasteiger partial charge is 0.191 e. The van der Waals surface area contributed by atoms with Crippen molar-refractivity contribution in [1.29, 1.82) is 0 Å². The van der Waals surface area contributed by atoms with Crippen LogP contribution in [0.5, 0.6) is 0 Å². The summed E-state index contributed by atoms with van der Waals surface area (Å²) in [6.07, 6.45) is 7.23. The van der Waals surface area contributed by atoms with Gasteiger partial charge in [-0.05, 0) is 31.2 Å². The van der Waals surface area contributed by atoms with Crippen molar-refractivity contribution in [2.45, 2.75) is 43.9 Å². The second-order valence-electron chi connectivity index (χ2n) is 7.02. The van der Waals surface area contributed by atoms with E-state index in [-0.39, 0.29) is 5.41 Å². The first-order valence-electron chi connectivity index (χ1n) is 9.87. The van der Waals surface area contributed by atoms with Gasteiger partial charge in [-0.25, -0.2) is 0 Å². The molecule has 2 rings (SSSR count). The third-order valence-corrected chi connectivity index (χ3v) is 5.20. The third-order valence-electron chi connectivity index (χ3n) is 5.20. The van der Waals surface area contributed by atoms with Crippen LogP contribution < -0.4 is 10.6 Å². The van der Waals surface area contributed by atoms with E-state index in [4.69, 9.17) is 9.47 Å². The predicted molar refractivity (Wildman–Crippen MR) is 108 cm³/mol. The van der Waals surface area contributed by atoms with Gasteiger partial charge in [-0.15, -0.1) is 0 Å². The molecular formula is C21H35N3O2. The topological polar surface area (TPSA) is 54.9 Å². The van der Waals surface area contributed by atoms with Crippen LogP contribution >= 0.6 is 0 Å². The van der Waals surface area contributed by atoms with Gasteiger partial charge < -0.3 is 20.1 Å². The zero-order valence-electron chi connectivity index (χ0n) is 16.4. The van der Waals surface area contributed by atoms with Crippen molar-refractivity contribution in [1.82, 2.24) is 10.6 Å². The van der Waals surface area contributed by atoms with Crippen molar-refractivity contribution in [3.8, 4) is 0 Å². The SMILES string of the molecule is CN=C(NCCCCOCCOC)NCC1(c2ccccc2)CCCC1. The Morgan fingerprint density at radius 1 is 1.04 bits per heavy atom. The highest BCUT2D eigenvalue weighted by atomic mass is 16.5. The molecule has 146 valence electrons. The molecule has 0 aromatic heterocycles. The maximum absolute atomic E-state index is 5.49. The first-order valence-corrected chi connectivity index (χ1v) is 9.87. The average molecular weight is 362 g/mol. The average Bonchev–Trinajstić information content (AvgIpc) is 3.17. The van der Waals surface area contributed by atoms with E-state index in [9.17, 15) is 0 Å². The summed E-state index contributed by atoms with van der Waals surface area (Å²) in [6.45, 7) is 3.98. The van der Waals surface area contributed by atoms with Crippen LogP contribution in [-0.4, -0.2) is 53.0 Å². The maximum atomic E-state index is 5.49. The minimum absolute atomic E-state index is 0.244. The zero-order valence-corrected chi connectivity index (χ0v) is 16.4. The molecule has 0 heterocycles. The Hall–Kier alpha value is -1.59. The molecule has 0 saturated heterocycles. The summed E-state index contributed by atoms with van der Waals surface area (Å²) in [5, 5.41) is 6.98. The molecule has 0 radical (unpaired) electrons. The molecule has 0 bridgehead atoms. The minimum atomic E-state index is 0.244. The molecule has 0 unspecified atom stereocenters. The number of guanidine groups is 1. The summed E-state index contributed by atoms with van der Waals surface area (Å²) in [7, 11) is 3.53. The lowest BCUT2D eigenvalue weighted by Gasteiger charge is -2.30. The number of hydrogen-bond donors (Lipinski definition) is 2. The van der Waals surface area contributed by atoms with Crippen molar-refractivity contribution in [3.05, 3.63) is 35.9 Å². The van der Waals surface area contributed by atoms with Crippen molar-refractivity contribution >= 4 is 5.96 Å². The molecule has 5 heteroatoms. The summed E-state index contributed by atoms with van der Waals surface area (Å²) in [5.41, 5.74) is 1.70. The maximum Gasteiger partial charge on any atom is 0.191 e. The first kappa shape index (κ1) is 20.7. The Balaban J connectivity index is 1.70. The van der Waals surface area contributed by atoms with Gasteiger partial charge in [0.1, 0.15) is 0 Å².